The van der Waals surface area contributed by atoms with Crippen LogP contribution in [0.2, 0.25) is 5.02 Å². The molecule has 3 saturated heterocycles. The fourth-order valence-corrected chi connectivity index (χ4v) is 9.51. The molecule has 0 saturated carbocycles. The Kier molecular flexibility index (Phi) is 14.6. The first-order valence-corrected chi connectivity index (χ1v) is 23.8. The minimum atomic E-state index is -0.994. The minimum Gasteiger partial charge on any atom is -0.444 e. The lowest BCUT2D eigenvalue weighted by Gasteiger charge is -2.40. The van der Waals surface area contributed by atoms with Gasteiger partial charge in [0.25, 0.3) is 5.91 Å². The van der Waals surface area contributed by atoms with E-state index in [1.807, 2.05) is 80.4 Å². The van der Waals surface area contributed by atoms with Crippen molar-refractivity contribution < 1.29 is 19.1 Å². The van der Waals surface area contributed by atoms with Crippen LogP contribution >= 0.6 is 11.6 Å². The van der Waals surface area contributed by atoms with Crippen LogP contribution in [-0.2, 0) is 16.0 Å². The maximum atomic E-state index is 14.0. The summed E-state index contributed by atoms with van der Waals surface area (Å²) in [5.74, 6) is 1.00. The zero-order valence-corrected chi connectivity index (χ0v) is 39.4. The largest absolute Gasteiger partial charge is 0.444 e. The second kappa shape index (κ2) is 20.5. The molecule has 16 heteroatoms. The van der Waals surface area contributed by atoms with Crippen LogP contribution in [0.3, 0.4) is 0 Å². The number of hydrogen-bond donors (Lipinski definition) is 4. The second-order valence-corrected chi connectivity index (χ2v) is 19.6. The average molecular weight is 919 g/mol. The Balaban J connectivity index is 0.821. The van der Waals surface area contributed by atoms with E-state index < -0.39 is 17.2 Å². The number of amides is 3. The van der Waals surface area contributed by atoms with Gasteiger partial charge in [0.2, 0.25) is 5.91 Å². The number of piperidine rings is 2. The molecule has 1 unspecified atom stereocenters. The van der Waals surface area contributed by atoms with Gasteiger partial charge in [-0.05, 0) is 106 Å². The summed E-state index contributed by atoms with van der Waals surface area (Å²) in [7, 11) is 0. The summed E-state index contributed by atoms with van der Waals surface area (Å²) in [6.07, 6.45) is 8.95. The van der Waals surface area contributed by atoms with Gasteiger partial charge in [0.15, 0.2) is 5.69 Å². The molecule has 3 aromatic heterocycles. The number of piperazine rings is 1. The first-order valence-electron chi connectivity index (χ1n) is 23.5. The van der Waals surface area contributed by atoms with Crippen molar-refractivity contribution in [1.82, 2.24) is 40.0 Å². The standard InChI is InChI=1S/C50H64ClN11O4/c1-5-34-7-6-8-37(29-34)38-30-42(58-48(65)66-49(2,3)4)43(54-31-38)46(63)62-21-14-35(15-22-62)32-60-27-25-59(26-28-60)20-16-41(36-9-11-39(51)12-10-36)57-47(64)50(52)17-23-61(24-18-50)45-40-13-19-53-44(40)55-33-56-45/h6-13,19,29-31,33,35,41H,5,14-18,20-28,32,52H2,1-4H3,(H,57,64)(H,58,65)(H,53,55,56). The van der Waals surface area contributed by atoms with E-state index in [2.05, 4.69) is 64.3 Å². The summed E-state index contributed by atoms with van der Waals surface area (Å²) in [6.45, 7) is 15.6. The van der Waals surface area contributed by atoms with Gasteiger partial charge < -0.3 is 40.4 Å². The van der Waals surface area contributed by atoms with Gasteiger partial charge in [-0.1, -0.05) is 54.9 Å². The van der Waals surface area contributed by atoms with Crippen molar-refractivity contribution in [2.45, 2.75) is 83.4 Å². The summed E-state index contributed by atoms with van der Waals surface area (Å²) in [6, 6.07) is 19.5. The van der Waals surface area contributed by atoms with Crippen LogP contribution in [0.4, 0.5) is 16.3 Å². The predicted octanol–water partition coefficient (Wildman–Crippen LogP) is 7.30. The Morgan fingerprint density at radius 1 is 0.909 bits per heavy atom. The smallest absolute Gasteiger partial charge is 0.412 e. The molecular weight excluding hydrogens is 854 g/mol. The van der Waals surface area contributed by atoms with E-state index in [1.54, 1.807) is 12.5 Å². The van der Waals surface area contributed by atoms with E-state index in [4.69, 9.17) is 22.1 Å². The van der Waals surface area contributed by atoms with Gasteiger partial charge in [0.05, 0.1) is 22.7 Å². The van der Waals surface area contributed by atoms with Crippen molar-refractivity contribution in [3.05, 3.63) is 101 Å². The van der Waals surface area contributed by atoms with Crippen LogP contribution in [0, 0.1) is 5.92 Å². The van der Waals surface area contributed by atoms with E-state index in [-0.39, 0.29) is 23.6 Å². The van der Waals surface area contributed by atoms with Crippen LogP contribution in [0.1, 0.15) is 87.5 Å². The molecule has 3 amide bonds. The van der Waals surface area contributed by atoms with E-state index in [0.29, 0.717) is 55.6 Å². The fourth-order valence-electron chi connectivity index (χ4n) is 9.39. The Labute approximate surface area is 392 Å². The molecule has 2 aromatic carbocycles. The van der Waals surface area contributed by atoms with Gasteiger partial charge in [0, 0.05) is 88.4 Å². The third kappa shape index (κ3) is 11.5. The number of ether oxygens (including phenoxy) is 1. The molecule has 66 heavy (non-hydrogen) atoms. The van der Waals surface area contributed by atoms with E-state index >= 15 is 0 Å². The minimum absolute atomic E-state index is 0.130. The van der Waals surface area contributed by atoms with Crippen molar-refractivity contribution >= 4 is 52.0 Å². The van der Waals surface area contributed by atoms with Crippen LogP contribution in [0.25, 0.3) is 22.2 Å². The Morgan fingerprint density at radius 3 is 2.35 bits per heavy atom. The number of nitrogens with zero attached hydrogens (tertiary/aromatic N) is 7. The number of aromatic amines is 1. The summed E-state index contributed by atoms with van der Waals surface area (Å²) < 4.78 is 5.56. The normalized spacial score (nSPS) is 18.0. The Morgan fingerprint density at radius 2 is 1.64 bits per heavy atom. The molecule has 0 aliphatic carbocycles. The molecule has 5 aromatic rings. The molecule has 3 fully saturated rings. The van der Waals surface area contributed by atoms with Crippen LogP contribution in [0.5, 0.6) is 0 Å². The molecule has 0 spiro atoms. The quantitative estimate of drug-likeness (QED) is 0.0932. The Bertz CT molecular complexity index is 2470. The highest BCUT2D eigenvalue weighted by Gasteiger charge is 2.39. The van der Waals surface area contributed by atoms with Gasteiger partial charge in [-0.25, -0.2) is 19.7 Å². The fraction of sp³-hybridized carbons (Fsp3) is 0.480. The lowest BCUT2D eigenvalue weighted by molar-refractivity contribution is -0.128. The first-order chi connectivity index (χ1) is 31.7. The lowest BCUT2D eigenvalue weighted by atomic mass is 9.87. The first kappa shape index (κ1) is 46.9. The summed E-state index contributed by atoms with van der Waals surface area (Å²) in [4.78, 5) is 66.7. The van der Waals surface area contributed by atoms with Gasteiger partial charge in [0.1, 0.15) is 23.4 Å². The number of carbonyl (C=O) groups excluding carboxylic acids is 3. The number of benzene rings is 2. The monoisotopic (exact) mass is 917 g/mol. The number of H-pyrrole nitrogens is 1. The number of nitrogens with one attached hydrogen (secondary N) is 3. The number of carbonyl (C=O) groups is 3. The van der Waals surface area contributed by atoms with E-state index in [9.17, 15) is 14.4 Å². The topological polar surface area (TPSA) is 178 Å². The molecule has 3 aliphatic rings. The van der Waals surface area contributed by atoms with Gasteiger partial charge in [-0.15, -0.1) is 0 Å². The third-order valence-corrected chi connectivity index (χ3v) is 13.6. The van der Waals surface area contributed by atoms with Crippen molar-refractivity contribution in [2.75, 3.05) is 75.7 Å². The number of likely N-dealkylation sites (tertiary alicyclic amines) is 1. The van der Waals surface area contributed by atoms with Crippen molar-refractivity contribution in [3.63, 3.8) is 0 Å². The highest BCUT2D eigenvalue weighted by molar-refractivity contribution is 6.30. The summed E-state index contributed by atoms with van der Waals surface area (Å²) in [5.41, 5.74) is 10.5. The van der Waals surface area contributed by atoms with E-state index in [0.717, 1.165) is 98.5 Å². The molecule has 0 bridgehead atoms. The maximum Gasteiger partial charge on any atom is 0.412 e. The average Bonchev–Trinajstić information content (AvgIpc) is 3.80. The van der Waals surface area contributed by atoms with Crippen molar-refractivity contribution in [1.29, 1.82) is 0 Å². The highest BCUT2D eigenvalue weighted by Crippen LogP contribution is 2.31. The zero-order valence-electron chi connectivity index (χ0n) is 38.7. The Hall–Kier alpha value is -5.61. The number of fused-ring (bicyclic) bond motifs is 1. The van der Waals surface area contributed by atoms with Crippen LogP contribution in [0.15, 0.2) is 79.4 Å². The van der Waals surface area contributed by atoms with Crippen molar-refractivity contribution in [3.8, 4) is 11.1 Å². The van der Waals surface area contributed by atoms with Crippen LogP contribution < -0.4 is 21.3 Å². The van der Waals surface area contributed by atoms with Crippen LogP contribution in [-0.4, -0.2) is 129 Å². The van der Waals surface area contributed by atoms with Gasteiger partial charge >= 0.3 is 6.09 Å². The number of anilines is 2. The lowest BCUT2D eigenvalue weighted by Crippen LogP contribution is -2.60. The SMILES string of the molecule is CCc1cccc(-c2cnc(C(=O)N3CCC(CN4CCN(CCC(NC(=O)C5(N)CCN(c6ncnc7[nH]ccc67)CC5)c5ccc(Cl)cc5)CC4)CC3)c(NC(=O)OC(C)(C)C)c2)c1. The number of rotatable bonds is 13. The van der Waals surface area contributed by atoms with Gasteiger partial charge in [-0.3, -0.25) is 14.9 Å². The highest BCUT2D eigenvalue weighted by atomic mass is 35.5. The molecule has 8 rings (SSSR count). The molecule has 15 nitrogen and oxygen atoms in total. The molecular formula is C50H64ClN11O4. The number of halogens is 1. The number of aryl methyl sites for hydroxylation is 1. The molecule has 6 heterocycles. The summed E-state index contributed by atoms with van der Waals surface area (Å²) in [5, 5.41) is 7.80. The summed E-state index contributed by atoms with van der Waals surface area (Å²) >= 11 is 6.28. The van der Waals surface area contributed by atoms with E-state index in [1.165, 1.54) is 5.56 Å². The van der Waals surface area contributed by atoms with Gasteiger partial charge in [-0.2, -0.15) is 0 Å². The maximum absolute atomic E-state index is 14.0. The third-order valence-electron chi connectivity index (χ3n) is 13.3. The predicted molar refractivity (Wildman–Crippen MR) is 260 cm³/mol. The molecule has 1 atom stereocenters. The number of pyridine rings is 1. The number of nitrogens with two attached hydrogens (primary N) is 1. The van der Waals surface area contributed by atoms with Crippen molar-refractivity contribution in [2.24, 2.45) is 11.7 Å². The second-order valence-electron chi connectivity index (χ2n) is 19.1. The number of hydrogen-bond acceptors (Lipinski definition) is 11. The molecule has 350 valence electrons. The molecule has 5 N–H and O–H groups in total. The zero-order chi connectivity index (χ0) is 46.4. The molecule has 3 aliphatic heterocycles. The molecule has 0 radical (unpaired) electrons. The number of aromatic nitrogens is 4.